The number of carbonyl (C=O) groups excluding carboxylic acids is 1. The molecule has 0 radical (unpaired) electrons. The predicted molar refractivity (Wildman–Crippen MR) is 83.5 cm³/mol. The number of amides is 1. The second-order valence-electron chi connectivity index (χ2n) is 4.58. The first-order valence-corrected chi connectivity index (χ1v) is 7.45. The highest BCUT2D eigenvalue weighted by Crippen LogP contribution is 2.22. The number of rotatable bonds is 8. The zero-order valence-electron chi connectivity index (χ0n) is 12.2. The maximum absolute atomic E-state index is 12.6. The van der Waals surface area contributed by atoms with Crippen molar-refractivity contribution < 1.29 is 9.90 Å². The van der Waals surface area contributed by atoms with Crippen LogP contribution in [0.5, 0.6) is 0 Å². The lowest BCUT2D eigenvalue weighted by Crippen LogP contribution is -2.32. The fraction of sp³-hybridized carbons (Fsp3) is 0.533. The first kappa shape index (κ1) is 16.8. The quantitative estimate of drug-likeness (QED) is 0.776. The van der Waals surface area contributed by atoms with E-state index in [0.717, 1.165) is 18.7 Å². The van der Waals surface area contributed by atoms with Crippen LogP contribution in [0.1, 0.15) is 37.0 Å². The summed E-state index contributed by atoms with van der Waals surface area (Å²) < 4.78 is 0. The highest BCUT2D eigenvalue weighted by molar-refractivity contribution is 6.31. The van der Waals surface area contributed by atoms with Gasteiger partial charge in [0.25, 0.3) is 5.91 Å². The van der Waals surface area contributed by atoms with Crippen LogP contribution in [0.3, 0.4) is 0 Å². The topological polar surface area (TPSA) is 52.6 Å². The maximum atomic E-state index is 12.6. The summed E-state index contributed by atoms with van der Waals surface area (Å²) >= 11 is 6.01. The molecule has 0 unspecified atom stereocenters. The maximum Gasteiger partial charge on any atom is 0.255 e. The van der Waals surface area contributed by atoms with Crippen LogP contribution in [0.15, 0.2) is 18.2 Å². The molecule has 20 heavy (non-hydrogen) atoms. The van der Waals surface area contributed by atoms with Crippen molar-refractivity contribution in [2.45, 2.75) is 26.7 Å². The number of hydrogen-bond acceptors (Lipinski definition) is 3. The lowest BCUT2D eigenvalue weighted by Gasteiger charge is -2.22. The van der Waals surface area contributed by atoms with Gasteiger partial charge in [-0.2, -0.15) is 0 Å². The van der Waals surface area contributed by atoms with Crippen molar-refractivity contribution in [3.05, 3.63) is 28.8 Å². The van der Waals surface area contributed by atoms with E-state index in [0.29, 0.717) is 30.1 Å². The number of hydrogen-bond donors (Lipinski definition) is 2. The normalized spacial score (nSPS) is 10.4. The van der Waals surface area contributed by atoms with Gasteiger partial charge in [0.05, 0.1) is 5.56 Å². The molecule has 4 nitrogen and oxygen atoms in total. The Balaban J connectivity index is 2.96. The number of halogens is 1. The van der Waals surface area contributed by atoms with Gasteiger partial charge in [-0.05, 0) is 38.0 Å². The summed E-state index contributed by atoms with van der Waals surface area (Å²) in [6.45, 7) is 6.05. The lowest BCUT2D eigenvalue weighted by atomic mass is 10.1. The van der Waals surface area contributed by atoms with Crippen LogP contribution >= 0.6 is 11.6 Å². The molecular formula is C15H23ClN2O2. The number of nitrogens with one attached hydrogen (secondary N) is 1. The zero-order chi connectivity index (χ0) is 15.0. The van der Waals surface area contributed by atoms with Gasteiger partial charge < -0.3 is 15.3 Å². The predicted octanol–water partition coefficient (Wildman–Crippen LogP) is 3.01. The number of aliphatic hydroxyl groups excluding tert-OH is 1. The summed E-state index contributed by atoms with van der Waals surface area (Å²) in [5, 5.41) is 12.7. The van der Waals surface area contributed by atoms with Gasteiger partial charge in [-0.1, -0.05) is 18.5 Å². The molecule has 0 aromatic heterocycles. The molecule has 112 valence electrons. The third-order valence-electron chi connectivity index (χ3n) is 3.03. The van der Waals surface area contributed by atoms with Crippen LogP contribution in [-0.2, 0) is 0 Å². The average molecular weight is 299 g/mol. The smallest absolute Gasteiger partial charge is 0.255 e. The largest absolute Gasteiger partial charge is 0.396 e. The number of aliphatic hydroxyl groups is 1. The van der Waals surface area contributed by atoms with Crippen LogP contribution in [-0.4, -0.2) is 42.2 Å². The molecule has 0 aliphatic heterocycles. The summed E-state index contributed by atoms with van der Waals surface area (Å²) in [7, 11) is 0. The minimum Gasteiger partial charge on any atom is -0.396 e. The van der Waals surface area contributed by atoms with Gasteiger partial charge in [0.2, 0.25) is 0 Å². The van der Waals surface area contributed by atoms with E-state index in [1.165, 1.54) is 0 Å². The highest BCUT2D eigenvalue weighted by atomic mass is 35.5. The molecule has 1 amide bonds. The van der Waals surface area contributed by atoms with Crippen molar-refractivity contribution in [3.63, 3.8) is 0 Å². The summed E-state index contributed by atoms with van der Waals surface area (Å²) in [5.41, 5.74) is 1.40. The van der Waals surface area contributed by atoms with Crippen LogP contribution in [0.4, 0.5) is 5.69 Å². The Labute approximate surface area is 125 Å². The third kappa shape index (κ3) is 4.69. The van der Waals surface area contributed by atoms with Crippen LogP contribution in [0.25, 0.3) is 0 Å². The van der Waals surface area contributed by atoms with E-state index < -0.39 is 0 Å². The van der Waals surface area contributed by atoms with Gasteiger partial charge in [-0.3, -0.25) is 4.79 Å². The molecule has 0 aliphatic carbocycles. The van der Waals surface area contributed by atoms with E-state index in [9.17, 15) is 4.79 Å². The van der Waals surface area contributed by atoms with E-state index >= 15 is 0 Å². The van der Waals surface area contributed by atoms with Crippen LogP contribution < -0.4 is 5.32 Å². The van der Waals surface area contributed by atoms with Crippen molar-refractivity contribution in [1.29, 1.82) is 0 Å². The minimum atomic E-state index is -0.0537. The van der Waals surface area contributed by atoms with Gasteiger partial charge in [-0.15, -0.1) is 0 Å². The van der Waals surface area contributed by atoms with E-state index in [1.54, 1.807) is 17.0 Å². The minimum absolute atomic E-state index is 0.0537. The molecule has 0 fully saturated rings. The molecule has 1 aromatic rings. The Morgan fingerprint density at radius 2 is 2.15 bits per heavy atom. The standard InChI is InChI=1S/C15H23ClN2O2/c1-3-8-17-14-7-6-12(16)11-13(14)15(20)18(4-2)9-5-10-19/h6-7,11,17,19H,3-5,8-10H2,1-2H3. The monoisotopic (exact) mass is 298 g/mol. The Kier molecular flexibility index (Phi) is 7.41. The van der Waals surface area contributed by atoms with Gasteiger partial charge in [0.15, 0.2) is 0 Å². The molecule has 1 rings (SSSR count). The molecule has 0 saturated heterocycles. The van der Waals surface area contributed by atoms with Gasteiger partial charge in [-0.25, -0.2) is 0 Å². The summed E-state index contributed by atoms with van der Waals surface area (Å²) in [6.07, 6.45) is 1.57. The van der Waals surface area contributed by atoms with Crippen molar-refractivity contribution in [1.82, 2.24) is 4.90 Å². The number of nitrogens with zero attached hydrogens (tertiary/aromatic N) is 1. The van der Waals surface area contributed by atoms with Crippen molar-refractivity contribution >= 4 is 23.2 Å². The van der Waals surface area contributed by atoms with Gasteiger partial charge in [0.1, 0.15) is 0 Å². The fourth-order valence-corrected chi connectivity index (χ4v) is 2.11. The zero-order valence-corrected chi connectivity index (χ0v) is 12.9. The SMILES string of the molecule is CCCNc1ccc(Cl)cc1C(=O)N(CC)CCCO. The van der Waals surface area contributed by atoms with E-state index in [-0.39, 0.29) is 12.5 Å². The van der Waals surface area contributed by atoms with E-state index in [2.05, 4.69) is 12.2 Å². The van der Waals surface area contributed by atoms with Crippen molar-refractivity contribution in [2.24, 2.45) is 0 Å². The van der Waals surface area contributed by atoms with Crippen molar-refractivity contribution in [3.8, 4) is 0 Å². The molecule has 0 saturated carbocycles. The van der Waals surface area contributed by atoms with Gasteiger partial charge in [0, 0.05) is 37.0 Å². The molecule has 1 aromatic carbocycles. The molecule has 2 N–H and O–H groups in total. The van der Waals surface area contributed by atoms with Gasteiger partial charge >= 0.3 is 0 Å². The Bertz CT molecular complexity index is 438. The average Bonchev–Trinajstić information content (AvgIpc) is 2.46. The summed E-state index contributed by atoms with van der Waals surface area (Å²) in [6, 6.07) is 5.31. The third-order valence-corrected chi connectivity index (χ3v) is 3.27. The molecule has 5 heteroatoms. The Morgan fingerprint density at radius 3 is 2.75 bits per heavy atom. The van der Waals surface area contributed by atoms with Crippen molar-refractivity contribution in [2.75, 3.05) is 31.6 Å². The molecule has 0 atom stereocenters. The Hall–Kier alpha value is -1.26. The Morgan fingerprint density at radius 1 is 1.40 bits per heavy atom. The number of benzene rings is 1. The molecular weight excluding hydrogens is 276 g/mol. The fourth-order valence-electron chi connectivity index (χ4n) is 1.94. The second-order valence-corrected chi connectivity index (χ2v) is 5.02. The molecule has 0 spiro atoms. The molecule has 0 heterocycles. The van der Waals surface area contributed by atoms with Crippen LogP contribution in [0, 0.1) is 0 Å². The first-order chi connectivity index (χ1) is 9.63. The summed E-state index contributed by atoms with van der Waals surface area (Å²) in [4.78, 5) is 14.3. The van der Waals surface area contributed by atoms with E-state index in [4.69, 9.17) is 16.7 Å². The number of anilines is 1. The second kappa shape index (κ2) is 8.82. The lowest BCUT2D eigenvalue weighted by molar-refractivity contribution is 0.0755. The van der Waals surface area contributed by atoms with Crippen LogP contribution in [0.2, 0.25) is 5.02 Å². The first-order valence-electron chi connectivity index (χ1n) is 7.07. The molecule has 0 aliphatic rings. The summed E-state index contributed by atoms with van der Waals surface area (Å²) in [5.74, 6) is -0.0537. The van der Waals surface area contributed by atoms with E-state index in [1.807, 2.05) is 13.0 Å². The highest BCUT2D eigenvalue weighted by Gasteiger charge is 2.17. The number of carbonyl (C=O) groups is 1. The molecule has 0 bridgehead atoms.